The zero-order valence-electron chi connectivity index (χ0n) is 45.0. The Hall–Kier alpha value is -6.78. The van der Waals surface area contributed by atoms with E-state index in [0.717, 1.165) is 128 Å². The molecule has 6 saturated heterocycles. The molecule has 16 rings (SSSR count). The number of ether oxygens (including phenoxy) is 2. The van der Waals surface area contributed by atoms with Gasteiger partial charge >= 0.3 is 12.0 Å². The van der Waals surface area contributed by atoms with Gasteiger partial charge in [-0.1, -0.05) is 61.0 Å². The molecule has 16 heteroatoms. The van der Waals surface area contributed by atoms with Gasteiger partial charge in [-0.05, 0) is 156 Å². The van der Waals surface area contributed by atoms with Gasteiger partial charge in [0, 0.05) is 65.5 Å². The van der Waals surface area contributed by atoms with Crippen molar-refractivity contribution in [2.75, 3.05) is 55.7 Å². The molecule has 6 aliphatic heterocycles. The summed E-state index contributed by atoms with van der Waals surface area (Å²) in [6, 6.07) is 19.9. The first-order valence-corrected chi connectivity index (χ1v) is 29.6. The van der Waals surface area contributed by atoms with Crippen LogP contribution in [0.5, 0.6) is 12.0 Å². The molecule has 6 unspecified atom stereocenters. The predicted octanol–water partition coefficient (Wildman–Crippen LogP) is 13.1. The zero-order chi connectivity index (χ0) is 53.4. The van der Waals surface area contributed by atoms with Gasteiger partial charge in [0.2, 0.25) is 0 Å². The first-order valence-electron chi connectivity index (χ1n) is 29.6. The number of piperidine rings is 2. The Labute approximate surface area is 461 Å². The van der Waals surface area contributed by atoms with Crippen molar-refractivity contribution in [1.82, 2.24) is 39.7 Å². The number of fused-ring (bicyclic) bond motifs is 8. The molecule has 4 aromatic carbocycles. The van der Waals surface area contributed by atoms with Gasteiger partial charge in [0.15, 0.2) is 11.6 Å². The topological polar surface area (TPSA) is 109 Å². The summed E-state index contributed by atoms with van der Waals surface area (Å²) in [5.74, 6) is 0.265. The maximum Gasteiger partial charge on any atom is 0.319 e. The Morgan fingerprint density at radius 3 is 1.84 bits per heavy atom. The van der Waals surface area contributed by atoms with E-state index in [9.17, 15) is 0 Å². The first-order chi connectivity index (χ1) is 39.2. The van der Waals surface area contributed by atoms with Gasteiger partial charge in [-0.15, -0.1) is 0 Å². The fourth-order valence-corrected chi connectivity index (χ4v) is 16.6. The second-order valence-electron chi connectivity index (χ2n) is 24.6. The maximum atomic E-state index is 17.8. The summed E-state index contributed by atoms with van der Waals surface area (Å²) in [6.07, 6.45) is 20.0. The number of rotatable bonds is 11. The lowest BCUT2D eigenvalue weighted by Crippen LogP contribution is -2.44. The highest BCUT2D eigenvalue weighted by Crippen LogP contribution is 2.52. The molecule has 8 aliphatic rings. The lowest BCUT2D eigenvalue weighted by atomic mass is 9.91. The summed E-state index contributed by atoms with van der Waals surface area (Å²) in [5, 5.41) is 3.02. The van der Waals surface area contributed by atoms with Crippen molar-refractivity contribution in [1.29, 1.82) is 0 Å². The molecule has 0 amide bonds. The molecule has 2 aliphatic carbocycles. The quantitative estimate of drug-likeness (QED) is 0.115. The highest BCUT2D eigenvalue weighted by Gasteiger charge is 2.51. The Bertz CT molecular complexity index is 3810. The molecule has 10 heterocycles. The van der Waals surface area contributed by atoms with E-state index in [1.54, 1.807) is 36.7 Å². The summed E-state index contributed by atoms with van der Waals surface area (Å²) in [6.45, 7) is 5.25. The number of hydrogen-bond donors (Lipinski definition) is 0. The minimum atomic E-state index is -0.648. The average Bonchev–Trinajstić information content (AvgIpc) is 4.10. The van der Waals surface area contributed by atoms with Crippen LogP contribution in [0.4, 0.5) is 29.2 Å². The molecule has 0 N–H and O–H groups in total. The molecule has 0 bridgehead atoms. The summed E-state index contributed by atoms with van der Waals surface area (Å²) in [5.41, 5.74) is 1.52. The summed E-state index contributed by atoms with van der Waals surface area (Å²) < 4.78 is 80.7. The molecule has 8 aromatic rings. The molecule has 0 radical (unpaired) electrons. The Kier molecular flexibility index (Phi) is 11.6. The molecule has 6 atom stereocenters. The van der Waals surface area contributed by atoms with Gasteiger partial charge in [0.1, 0.15) is 58.9 Å². The molecule has 2 saturated carbocycles. The van der Waals surface area contributed by atoms with Crippen molar-refractivity contribution >= 4 is 55.0 Å². The SMILES string of the molecule is Fc1c(-c2cccc3cccc(F)c23)ncc2c(N3CCCC4CC43)nc(OCC34CCCN3C(c3ccc(F)c5c(-c6ncc7c(N8CCCC9CCCC98)nc(OCC89CCCN8CCC9)nc7c6F)cccc35)CC4)nc12. The zero-order valence-corrected chi connectivity index (χ0v) is 45.0. The van der Waals surface area contributed by atoms with Gasteiger partial charge in [-0.3, -0.25) is 19.8 Å². The van der Waals surface area contributed by atoms with E-state index in [0.29, 0.717) is 85.6 Å². The second kappa shape index (κ2) is 18.9. The third-order valence-electron chi connectivity index (χ3n) is 20.5. The fourth-order valence-electron chi connectivity index (χ4n) is 16.6. The van der Waals surface area contributed by atoms with Gasteiger partial charge < -0.3 is 19.3 Å². The van der Waals surface area contributed by atoms with E-state index >= 15 is 17.6 Å². The van der Waals surface area contributed by atoms with Crippen LogP contribution in [-0.2, 0) is 0 Å². The van der Waals surface area contributed by atoms with Crippen LogP contribution in [0.25, 0.3) is 65.9 Å². The van der Waals surface area contributed by atoms with E-state index in [2.05, 4.69) is 24.6 Å². The van der Waals surface area contributed by atoms with Crippen molar-refractivity contribution in [3.63, 3.8) is 0 Å². The van der Waals surface area contributed by atoms with Gasteiger partial charge in [-0.25, -0.2) is 17.6 Å². The Morgan fingerprint density at radius 1 is 0.512 bits per heavy atom. The standard InChI is InChI=1S/C64H64F4N10O2/c65-46-18-2-12-38-11-1-16-42(51(38)46)55-53(67)58-45(34-69-55)60(77-30-6-14-39-32-50(39)77)74-62(72-58)80-36-64-25-9-31-78(64)49(22-26-64)40-20-21-47(66)52-41(40)15-4-17-43(52)56-54(68)57-44(33-70-56)59(76-29-5-13-37-10-3-19-48(37)76)73-61(71-57)79-35-63-23-7-27-75(63)28-8-24-63/h1-2,4,11-12,15-18,20-21,33-34,37,39,48-50H,3,5-10,13-14,19,22-32,35-36H2. The summed E-state index contributed by atoms with van der Waals surface area (Å²) >= 11 is 0. The van der Waals surface area contributed by atoms with Gasteiger partial charge in [-0.2, -0.15) is 19.9 Å². The number of hydrogen-bond acceptors (Lipinski definition) is 12. The van der Waals surface area contributed by atoms with E-state index in [-0.39, 0.29) is 52.6 Å². The van der Waals surface area contributed by atoms with Crippen LogP contribution in [-0.4, -0.2) is 109 Å². The average molecular weight is 1080 g/mol. The fraction of sp³-hybridized carbons (Fsp3) is 0.469. The number of anilines is 2. The molecule has 0 spiro atoms. The molecule has 410 valence electrons. The summed E-state index contributed by atoms with van der Waals surface area (Å²) in [7, 11) is 0. The van der Waals surface area contributed by atoms with E-state index in [4.69, 9.17) is 34.4 Å². The lowest BCUT2D eigenvalue weighted by molar-refractivity contribution is 0.0849. The second-order valence-corrected chi connectivity index (χ2v) is 24.6. The van der Waals surface area contributed by atoms with Crippen LogP contribution < -0.4 is 19.3 Å². The van der Waals surface area contributed by atoms with E-state index < -0.39 is 28.8 Å². The minimum absolute atomic E-state index is 0.0196. The van der Waals surface area contributed by atoms with Crippen molar-refractivity contribution in [2.24, 2.45) is 11.8 Å². The third kappa shape index (κ3) is 7.72. The van der Waals surface area contributed by atoms with E-state index in [1.165, 1.54) is 25.0 Å². The number of pyridine rings is 2. The molecule has 8 fully saturated rings. The molecule has 4 aromatic heterocycles. The number of benzene rings is 4. The highest BCUT2D eigenvalue weighted by atomic mass is 19.1. The smallest absolute Gasteiger partial charge is 0.319 e. The van der Waals surface area contributed by atoms with Crippen molar-refractivity contribution in [3.05, 3.63) is 108 Å². The highest BCUT2D eigenvalue weighted by molar-refractivity contribution is 6.02. The van der Waals surface area contributed by atoms with Crippen LogP contribution in [0.3, 0.4) is 0 Å². The molecule has 80 heavy (non-hydrogen) atoms. The summed E-state index contributed by atoms with van der Waals surface area (Å²) in [4.78, 5) is 39.1. The normalized spacial score (nSPS) is 26.2. The molecular formula is C64H64F4N10O2. The van der Waals surface area contributed by atoms with Crippen LogP contribution in [0.1, 0.15) is 114 Å². The number of halogens is 4. The monoisotopic (exact) mass is 1080 g/mol. The third-order valence-corrected chi connectivity index (χ3v) is 20.5. The Balaban J connectivity index is 0.735. The first kappa shape index (κ1) is 49.1. The largest absolute Gasteiger partial charge is 0.461 e. The number of aromatic nitrogens is 6. The van der Waals surface area contributed by atoms with Crippen molar-refractivity contribution in [2.45, 2.75) is 132 Å². The lowest BCUT2D eigenvalue weighted by Gasteiger charge is -2.39. The van der Waals surface area contributed by atoms with Gasteiger partial charge in [0.25, 0.3) is 0 Å². The van der Waals surface area contributed by atoms with Crippen LogP contribution in [0, 0.1) is 35.1 Å². The van der Waals surface area contributed by atoms with Crippen LogP contribution in [0.2, 0.25) is 0 Å². The van der Waals surface area contributed by atoms with E-state index in [1.807, 2.05) is 30.3 Å². The minimum Gasteiger partial charge on any atom is -0.461 e. The van der Waals surface area contributed by atoms with Gasteiger partial charge in [0.05, 0.1) is 21.9 Å². The van der Waals surface area contributed by atoms with Crippen molar-refractivity contribution < 1.29 is 27.0 Å². The Morgan fingerprint density at radius 2 is 1.11 bits per heavy atom. The van der Waals surface area contributed by atoms with Crippen LogP contribution >= 0.6 is 0 Å². The van der Waals surface area contributed by atoms with Crippen LogP contribution in [0.15, 0.2) is 79.1 Å². The molecule has 12 nitrogen and oxygen atoms in total. The van der Waals surface area contributed by atoms with Crippen molar-refractivity contribution in [3.8, 4) is 34.5 Å². The molecular weight excluding hydrogens is 1020 g/mol. The predicted molar refractivity (Wildman–Crippen MR) is 301 cm³/mol. The number of nitrogens with zero attached hydrogens (tertiary/aromatic N) is 10. The maximum absolute atomic E-state index is 17.8.